The maximum atomic E-state index is 12.7. The highest BCUT2D eigenvalue weighted by Gasteiger charge is 2.06. The smallest absolute Gasteiger partial charge is 0.321 e. The Kier molecular flexibility index (Phi) is 7.41. The number of halogens is 1. The number of benzene rings is 1. The van der Waals surface area contributed by atoms with Crippen molar-refractivity contribution in [3.05, 3.63) is 35.1 Å². The normalized spacial score (nSPS) is 10.4. The fourth-order valence-electron chi connectivity index (χ4n) is 1.91. The zero-order chi connectivity index (χ0) is 17.2. The molecule has 0 saturated carbocycles. The Balaban J connectivity index is 1.54. The number of urea groups is 1. The number of aryl methyl sites for hydroxylation is 1. The quantitative estimate of drug-likeness (QED) is 0.676. The summed E-state index contributed by atoms with van der Waals surface area (Å²) in [7, 11) is 0. The lowest BCUT2D eigenvalue weighted by molar-refractivity contribution is 0.251. The van der Waals surface area contributed by atoms with E-state index in [0.717, 1.165) is 30.7 Å². The van der Waals surface area contributed by atoms with E-state index in [-0.39, 0.29) is 11.8 Å². The molecule has 0 atom stereocenters. The van der Waals surface area contributed by atoms with Gasteiger partial charge in [0.1, 0.15) is 16.6 Å². The number of aromatic nitrogens is 2. The first kappa shape index (κ1) is 18.1. The molecule has 1 aromatic carbocycles. The molecule has 130 valence electrons. The minimum absolute atomic E-state index is 0.283. The highest BCUT2D eigenvalue weighted by Crippen LogP contribution is 2.16. The molecule has 8 heteroatoms. The third kappa shape index (κ3) is 6.49. The van der Waals surface area contributed by atoms with E-state index in [1.807, 2.05) is 0 Å². The van der Waals surface area contributed by atoms with Crippen molar-refractivity contribution in [3.63, 3.8) is 0 Å². The summed E-state index contributed by atoms with van der Waals surface area (Å²) in [5.74, 6) is 0.357. The summed E-state index contributed by atoms with van der Waals surface area (Å²) in [4.78, 5) is 11.7. The van der Waals surface area contributed by atoms with E-state index in [9.17, 15) is 9.18 Å². The highest BCUT2D eigenvalue weighted by atomic mass is 32.1. The van der Waals surface area contributed by atoms with Crippen molar-refractivity contribution in [1.82, 2.24) is 15.5 Å². The number of nitrogens with zero attached hydrogens (tertiary/aromatic N) is 2. The van der Waals surface area contributed by atoms with E-state index < -0.39 is 0 Å². The van der Waals surface area contributed by atoms with Gasteiger partial charge in [-0.2, -0.15) is 0 Å². The first-order valence-corrected chi connectivity index (χ1v) is 8.74. The third-order valence-corrected chi connectivity index (χ3v) is 3.99. The monoisotopic (exact) mass is 352 g/mol. The number of carbonyl (C=O) groups excluding carboxylic acids is 1. The molecule has 2 amide bonds. The summed E-state index contributed by atoms with van der Waals surface area (Å²) in [5, 5.41) is 14.8. The second-order valence-electron chi connectivity index (χ2n) is 5.14. The molecule has 2 aromatic rings. The maximum absolute atomic E-state index is 12.7. The van der Waals surface area contributed by atoms with Gasteiger partial charge in [-0.05, 0) is 43.5 Å². The van der Waals surface area contributed by atoms with E-state index in [4.69, 9.17) is 4.74 Å². The average molecular weight is 352 g/mol. The molecule has 2 N–H and O–H groups in total. The first-order chi connectivity index (χ1) is 11.7. The number of carbonyl (C=O) groups is 1. The number of amides is 2. The molecular weight excluding hydrogens is 331 g/mol. The van der Waals surface area contributed by atoms with Crippen LogP contribution in [0.25, 0.3) is 0 Å². The van der Waals surface area contributed by atoms with Gasteiger partial charge in [0.2, 0.25) is 5.13 Å². The van der Waals surface area contributed by atoms with Crippen molar-refractivity contribution in [2.75, 3.05) is 18.5 Å². The fourth-order valence-corrected chi connectivity index (χ4v) is 2.75. The number of unbranched alkanes of at least 4 members (excludes halogenated alkanes) is 1. The molecule has 0 aliphatic rings. The lowest BCUT2D eigenvalue weighted by Crippen LogP contribution is -2.29. The van der Waals surface area contributed by atoms with E-state index in [0.29, 0.717) is 24.0 Å². The number of hydrogen-bond acceptors (Lipinski definition) is 5. The molecule has 0 bridgehead atoms. The van der Waals surface area contributed by atoms with Crippen LogP contribution in [-0.4, -0.2) is 29.4 Å². The SMILES string of the molecule is CCCc1nnc(NC(=O)NCCCCOc2ccc(F)cc2)s1. The predicted octanol–water partition coefficient (Wildman–Crippen LogP) is 3.61. The van der Waals surface area contributed by atoms with Crippen molar-refractivity contribution in [2.45, 2.75) is 32.6 Å². The molecule has 0 aliphatic carbocycles. The molecule has 6 nitrogen and oxygen atoms in total. The number of hydrogen-bond donors (Lipinski definition) is 2. The van der Waals surface area contributed by atoms with E-state index in [2.05, 4.69) is 27.8 Å². The largest absolute Gasteiger partial charge is 0.494 e. The van der Waals surface area contributed by atoms with Gasteiger partial charge < -0.3 is 10.1 Å². The second kappa shape index (κ2) is 9.82. The van der Waals surface area contributed by atoms with Crippen LogP contribution in [0.1, 0.15) is 31.2 Å². The molecule has 0 fully saturated rings. The van der Waals surface area contributed by atoms with E-state index >= 15 is 0 Å². The van der Waals surface area contributed by atoms with Crippen LogP contribution >= 0.6 is 11.3 Å². The zero-order valence-electron chi connectivity index (χ0n) is 13.5. The van der Waals surface area contributed by atoms with Crippen LogP contribution in [0, 0.1) is 5.82 Å². The Hall–Kier alpha value is -2.22. The third-order valence-electron chi connectivity index (χ3n) is 3.09. The Bertz CT molecular complexity index is 633. The van der Waals surface area contributed by atoms with Crippen molar-refractivity contribution in [3.8, 4) is 5.75 Å². The van der Waals surface area contributed by atoms with Gasteiger partial charge in [-0.25, -0.2) is 9.18 Å². The molecule has 1 aromatic heterocycles. The lowest BCUT2D eigenvalue weighted by atomic mass is 10.3. The molecule has 0 spiro atoms. The molecule has 2 rings (SSSR count). The maximum Gasteiger partial charge on any atom is 0.321 e. The first-order valence-electron chi connectivity index (χ1n) is 7.93. The van der Waals surface area contributed by atoms with Gasteiger partial charge in [-0.3, -0.25) is 5.32 Å². The fraction of sp³-hybridized carbons (Fsp3) is 0.438. The van der Waals surface area contributed by atoms with Crippen molar-refractivity contribution in [1.29, 1.82) is 0 Å². The summed E-state index contributed by atoms with van der Waals surface area (Å²) in [6.07, 6.45) is 3.44. The van der Waals surface area contributed by atoms with E-state index in [1.54, 1.807) is 12.1 Å². The number of rotatable bonds is 9. The summed E-state index contributed by atoms with van der Waals surface area (Å²) in [6, 6.07) is 5.63. The van der Waals surface area contributed by atoms with Gasteiger partial charge in [0, 0.05) is 13.0 Å². The van der Waals surface area contributed by atoms with Crippen LogP contribution < -0.4 is 15.4 Å². The number of anilines is 1. The van der Waals surface area contributed by atoms with Crippen LogP contribution in [0.3, 0.4) is 0 Å². The Morgan fingerprint density at radius 1 is 1.25 bits per heavy atom. The van der Waals surface area contributed by atoms with Crippen LogP contribution in [-0.2, 0) is 6.42 Å². The second-order valence-corrected chi connectivity index (χ2v) is 6.20. The lowest BCUT2D eigenvalue weighted by Gasteiger charge is -2.07. The van der Waals surface area contributed by atoms with Gasteiger partial charge in [0.25, 0.3) is 0 Å². The Morgan fingerprint density at radius 2 is 2.04 bits per heavy atom. The van der Waals surface area contributed by atoms with Crippen molar-refractivity contribution in [2.24, 2.45) is 0 Å². The summed E-state index contributed by atoms with van der Waals surface area (Å²) >= 11 is 1.39. The molecule has 0 saturated heterocycles. The van der Waals surface area contributed by atoms with Crippen LogP contribution in [0.2, 0.25) is 0 Å². The molecule has 24 heavy (non-hydrogen) atoms. The molecule has 0 unspecified atom stereocenters. The topological polar surface area (TPSA) is 76.1 Å². The minimum atomic E-state index is -0.284. The molecule has 1 heterocycles. The van der Waals surface area contributed by atoms with Crippen molar-refractivity contribution < 1.29 is 13.9 Å². The summed E-state index contributed by atoms with van der Waals surface area (Å²) in [5.41, 5.74) is 0. The van der Waals surface area contributed by atoms with Gasteiger partial charge in [-0.15, -0.1) is 10.2 Å². The van der Waals surface area contributed by atoms with Crippen LogP contribution in [0.15, 0.2) is 24.3 Å². The molecule has 0 radical (unpaired) electrons. The van der Waals surface area contributed by atoms with Gasteiger partial charge in [0.15, 0.2) is 0 Å². The Morgan fingerprint density at radius 3 is 2.79 bits per heavy atom. The average Bonchev–Trinajstić information content (AvgIpc) is 3.00. The van der Waals surface area contributed by atoms with Crippen LogP contribution in [0.5, 0.6) is 5.75 Å². The Labute approximate surface area is 144 Å². The highest BCUT2D eigenvalue weighted by molar-refractivity contribution is 7.15. The van der Waals surface area contributed by atoms with Gasteiger partial charge in [0.05, 0.1) is 6.61 Å². The van der Waals surface area contributed by atoms with Gasteiger partial charge >= 0.3 is 6.03 Å². The van der Waals surface area contributed by atoms with Crippen LogP contribution in [0.4, 0.5) is 14.3 Å². The zero-order valence-corrected chi connectivity index (χ0v) is 14.4. The van der Waals surface area contributed by atoms with Crippen molar-refractivity contribution >= 4 is 22.5 Å². The number of ether oxygens (including phenoxy) is 1. The predicted molar refractivity (Wildman–Crippen MR) is 92.1 cm³/mol. The summed E-state index contributed by atoms with van der Waals surface area (Å²) < 4.78 is 18.2. The standard InChI is InChI=1S/C16H21FN4O2S/c1-2-5-14-20-21-16(24-14)19-15(22)18-10-3-4-11-23-13-8-6-12(17)7-9-13/h6-9H,2-5,10-11H2,1H3,(H2,18,19,21,22). The minimum Gasteiger partial charge on any atom is -0.494 e. The number of nitrogens with one attached hydrogen (secondary N) is 2. The summed E-state index contributed by atoms with van der Waals surface area (Å²) in [6.45, 7) is 3.13. The molecule has 0 aliphatic heterocycles. The van der Waals surface area contributed by atoms with Gasteiger partial charge in [-0.1, -0.05) is 18.3 Å². The van der Waals surface area contributed by atoms with E-state index in [1.165, 1.54) is 23.5 Å². The molecular formula is C16H21FN4O2S.